The maximum Gasteiger partial charge on any atom is 0.126 e. The van der Waals surface area contributed by atoms with E-state index in [0.29, 0.717) is 6.04 Å². The molecule has 0 aliphatic carbocycles. The van der Waals surface area contributed by atoms with Crippen LogP contribution in [0.5, 0.6) is 0 Å². The molecule has 1 aromatic heterocycles. The van der Waals surface area contributed by atoms with Crippen molar-refractivity contribution >= 4 is 21.7 Å². The molecule has 0 saturated carbocycles. The first-order valence-electron chi connectivity index (χ1n) is 4.93. The molecular formula is C10H14BrN3. The van der Waals surface area contributed by atoms with Crippen molar-refractivity contribution in [1.29, 1.82) is 0 Å². The topological polar surface area (TPSA) is 37.0 Å². The zero-order valence-corrected chi connectivity index (χ0v) is 9.55. The van der Waals surface area contributed by atoms with E-state index < -0.39 is 0 Å². The molecule has 3 nitrogen and oxygen atoms in total. The molecule has 76 valence electrons. The van der Waals surface area contributed by atoms with Crippen LogP contribution >= 0.6 is 15.9 Å². The molecule has 0 unspecified atom stereocenters. The van der Waals surface area contributed by atoms with E-state index in [1.807, 2.05) is 18.3 Å². The molecule has 0 radical (unpaired) electrons. The van der Waals surface area contributed by atoms with E-state index in [-0.39, 0.29) is 0 Å². The zero-order valence-electron chi connectivity index (χ0n) is 7.96. The molecule has 14 heavy (non-hydrogen) atoms. The van der Waals surface area contributed by atoms with Crippen LogP contribution in [0.4, 0.5) is 5.82 Å². The Kier molecular flexibility index (Phi) is 3.37. The minimum atomic E-state index is 0.612. The monoisotopic (exact) mass is 255 g/mol. The van der Waals surface area contributed by atoms with Gasteiger partial charge in [-0.05, 0) is 47.4 Å². The van der Waals surface area contributed by atoms with E-state index >= 15 is 0 Å². The second kappa shape index (κ2) is 4.75. The van der Waals surface area contributed by atoms with Gasteiger partial charge in [0.15, 0.2) is 0 Å². The van der Waals surface area contributed by atoms with Gasteiger partial charge in [0.05, 0.1) is 0 Å². The summed E-state index contributed by atoms with van der Waals surface area (Å²) in [4.78, 5) is 4.25. The molecule has 1 aliphatic heterocycles. The summed E-state index contributed by atoms with van der Waals surface area (Å²) in [6, 6.07) is 4.59. The Morgan fingerprint density at radius 3 is 3.14 bits per heavy atom. The maximum absolute atomic E-state index is 4.25. The second-order valence-electron chi connectivity index (χ2n) is 3.54. The van der Waals surface area contributed by atoms with E-state index in [9.17, 15) is 0 Å². The van der Waals surface area contributed by atoms with Crippen molar-refractivity contribution in [1.82, 2.24) is 10.3 Å². The van der Waals surface area contributed by atoms with Crippen LogP contribution in [-0.4, -0.2) is 24.1 Å². The van der Waals surface area contributed by atoms with Gasteiger partial charge >= 0.3 is 0 Å². The predicted molar refractivity (Wildman–Crippen MR) is 61.5 cm³/mol. The van der Waals surface area contributed by atoms with Gasteiger partial charge < -0.3 is 10.6 Å². The minimum Gasteiger partial charge on any atom is -0.369 e. The molecule has 1 aliphatic rings. The molecule has 2 heterocycles. The van der Waals surface area contributed by atoms with Gasteiger partial charge in [0.2, 0.25) is 0 Å². The van der Waals surface area contributed by atoms with E-state index in [4.69, 9.17) is 0 Å². The van der Waals surface area contributed by atoms with Crippen LogP contribution in [-0.2, 0) is 0 Å². The van der Waals surface area contributed by atoms with Gasteiger partial charge in [-0.3, -0.25) is 0 Å². The number of aromatic nitrogens is 1. The third kappa shape index (κ3) is 2.69. The lowest BCUT2D eigenvalue weighted by molar-refractivity contribution is 0.632. The molecule has 2 rings (SSSR count). The Morgan fingerprint density at radius 2 is 2.50 bits per heavy atom. The van der Waals surface area contributed by atoms with Crippen LogP contribution < -0.4 is 10.6 Å². The Hall–Kier alpha value is -0.610. The molecule has 0 amide bonds. The highest BCUT2D eigenvalue weighted by Gasteiger charge is 2.12. The fourth-order valence-corrected chi connectivity index (χ4v) is 1.87. The number of nitrogens with one attached hydrogen (secondary N) is 2. The van der Waals surface area contributed by atoms with Crippen LogP contribution in [0.1, 0.15) is 12.8 Å². The Bertz CT molecular complexity index is 280. The van der Waals surface area contributed by atoms with E-state index in [2.05, 4.69) is 31.5 Å². The predicted octanol–water partition coefficient (Wildman–Crippen LogP) is 2.01. The standard InChI is InChI=1S/C10H14BrN3/c11-8-3-4-10(13-6-8)14-7-9-2-1-5-12-9/h3-4,6,9,12H,1-2,5,7H2,(H,13,14)/t9-/m1/s1. The molecule has 4 heteroatoms. The Labute approximate surface area is 92.4 Å². The average Bonchev–Trinajstić information content (AvgIpc) is 2.70. The third-order valence-electron chi connectivity index (χ3n) is 2.42. The molecule has 0 aromatic carbocycles. The number of pyridine rings is 1. The largest absolute Gasteiger partial charge is 0.369 e. The first-order chi connectivity index (χ1) is 6.84. The smallest absolute Gasteiger partial charge is 0.126 e. The number of nitrogens with zero attached hydrogens (tertiary/aromatic N) is 1. The highest BCUT2D eigenvalue weighted by atomic mass is 79.9. The number of rotatable bonds is 3. The van der Waals surface area contributed by atoms with Gasteiger partial charge in [-0.25, -0.2) is 4.98 Å². The fraction of sp³-hybridized carbons (Fsp3) is 0.500. The van der Waals surface area contributed by atoms with Crippen molar-refractivity contribution < 1.29 is 0 Å². The Balaban J connectivity index is 1.82. The van der Waals surface area contributed by atoms with Crippen molar-refractivity contribution in [3.05, 3.63) is 22.8 Å². The summed E-state index contributed by atoms with van der Waals surface area (Å²) in [5, 5.41) is 6.76. The fourth-order valence-electron chi connectivity index (χ4n) is 1.64. The quantitative estimate of drug-likeness (QED) is 0.868. The highest BCUT2D eigenvalue weighted by Crippen LogP contribution is 2.11. The van der Waals surface area contributed by atoms with Gasteiger partial charge in [0.1, 0.15) is 5.82 Å². The van der Waals surface area contributed by atoms with Gasteiger partial charge in [0, 0.05) is 23.3 Å². The summed E-state index contributed by atoms with van der Waals surface area (Å²) in [6.45, 7) is 2.12. The number of hydrogen-bond donors (Lipinski definition) is 2. The molecule has 1 fully saturated rings. The molecular weight excluding hydrogens is 242 g/mol. The van der Waals surface area contributed by atoms with Crippen molar-refractivity contribution in [2.45, 2.75) is 18.9 Å². The van der Waals surface area contributed by atoms with E-state index in [0.717, 1.165) is 23.4 Å². The summed E-state index contributed by atoms with van der Waals surface area (Å²) in [5.74, 6) is 0.946. The summed E-state index contributed by atoms with van der Waals surface area (Å²) in [5.41, 5.74) is 0. The maximum atomic E-state index is 4.25. The normalized spacial score (nSPS) is 21.1. The summed E-state index contributed by atoms with van der Waals surface area (Å²) in [7, 11) is 0. The SMILES string of the molecule is Brc1ccc(NC[C@H]2CCCN2)nc1. The molecule has 1 atom stereocenters. The van der Waals surface area contributed by atoms with Crippen LogP contribution in [0.25, 0.3) is 0 Å². The lowest BCUT2D eigenvalue weighted by atomic mass is 10.2. The molecule has 0 spiro atoms. The van der Waals surface area contributed by atoms with Crippen molar-refractivity contribution in [2.75, 3.05) is 18.4 Å². The Morgan fingerprint density at radius 1 is 1.57 bits per heavy atom. The van der Waals surface area contributed by atoms with Crippen LogP contribution in [0, 0.1) is 0 Å². The van der Waals surface area contributed by atoms with Crippen LogP contribution in [0.3, 0.4) is 0 Å². The molecule has 2 N–H and O–H groups in total. The van der Waals surface area contributed by atoms with Crippen molar-refractivity contribution in [2.24, 2.45) is 0 Å². The molecule has 1 aromatic rings. The van der Waals surface area contributed by atoms with Crippen molar-refractivity contribution in [3.8, 4) is 0 Å². The van der Waals surface area contributed by atoms with Gasteiger partial charge in [-0.2, -0.15) is 0 Å². The highest BCUT2D eigenvalue weighted by molar-refractivity contribution is 9.10. The number of halogens is 1. The number of anilines is 1. The van der Waals surface area contributed by atoms with E-state index in [1.54, 1.807) is 0 Å². The summed E-state index contributed by atoms with van der Waals surface area (Å²) >= 11 is 3.36. The second-order valence-corrected chi connectivity index (χ2v) is 4.45. The van der Waals surface area contributed by atoms with Gasteiger partial charge in [-0.15, -0.1) is 0 Å². The van der Waals surface area contributed by atoms with Crippen LogP contribution in [0.15, 0.2) is 22.8 Å². The summed E-state index contributed by atoms with van der Waals surface area (Å²) in [6.07, 6.45) is 4.37. The van der Waals surface area contributed by atoms with Gasteiger partial charge in [-0.1, -0.05) is 0 Å². The first-order valence-corrected chi connectivity index (χ1v) is 5.73. The molecule has 1 saturated heterocycles. The average molecular weight is 256 g/mol. The lowest BCUT2D eigenvalue weighted by Crippen LogP contribution is -2.29. The zero-order chi connectivity index (χ0) is 9.80. The molecule has 0 bridgehead atoms. The summed E-state index contributed by atoms with van der Waals surface area (Å²) < 4.78 is 1.02. The third-order valence-corrected chi connectivity index (χ3v) is 2.89. The minimum absolute atomic E-state index is 0.612. The van der Waals surface area contributed by atoms with Crippen LogP contribution in [0.2, 0.25) is 0 Å². The lowest BCUT2D eigenvalue weighted by Gasteiger charge is -2.11. The van der Waals surface area contributed by atoms with Crippen molar-refractivity contribution in [3.63, 3.8) is 0 Å². The van der Waals surface area contributed by atoms with Gasteiger partial charge in [0.25, 0.3) is 0 Å². The first kappa shape index (κ1) is 9.93. The number of hydrogen-bond acceptors (Lipinski definition) is 3. The van der Waals surface area contributed by atoms with E-state index in [1.165, 1.54) is 12.8 Å².